The summed E-state index contributed by atoms with van der Waals surface area (Å²) in [5, 5.41) is 5.72. The van der Waals surface area contributed by atoms with E-state index < -0.39 is 0 Å². The standard InChI is InChI=1S/C19H20N2O3S/c1-14(22)15-7-5-8-16(13-15)20-19(25)21-18(23)11-6-12-24-17-9-3-2-4-10-17/h2-5,7-10,13H,6,11-12H2,1H3,(H2,20,21,23,25). The third-order valence-corrected chi connectivity index (χ3v) is 3.54. The predicted molar refractivity (Wildman–Crippen MR) is 102 cm³/mol. The van der Waals surface area contributed by atoms with Crippen molar-refractivity contribution in [1.29, 1.82) is 0 Å². The van der Waals surface area contributed by atoms with Crippen LogP contribution in [0.3, 0.4) is 0 Å². The fraction of sp³-hybridized carbons (Fsp3) is 0.211. The van der Waals surface area contributed by atoms with Crippen LogP contribution >= 0.6 is 12.2 Å². The van der Waals surface area contributed by atoms with Gasteiger partial charge in [-0.25, -0.2) is 0 Å². The van der Waals surface area contributed by atoms with Crippen molar-refractivity contribution < 1.29 is 14.3 Å². The zero-order valence-corrected chi connectivity index (χ0v) is 14.8. The minimum absolute atomic E-state index is 0.0305. The summed E-state index contributed by atoms with van der Waals surface area (Å²) in [6, 6.07) is 16.4. The molecule has 0 heterocycles. The fourth-order valence-electron chi connectivity index (χ4n) is 2.11. The molecule has 6 heteroatoms. The molecule has 0 aliphatic rings. The lowest BCUT2D eigenvalue weighted by atomic mass is 10.1. The van der Waals surface area contributed by atoms with Gasteiger partial charge in [0.05, 0.1) is 6.61 Å². The van der Waals surface area contributed by atoms with E-state index in [1.54, 1.807) is 24.3 Å². The molecule has 0 aliphatic carbocycles. The molecule has 2 aromatic rings. The molecule has 0 unspecified atom stereocenters. The summed E-state index contributed by atoms with van der Waals surface area (Å²) < 4.78 is 5.53. The van der Waals surface area contributed by atoms with Gasteiger partial charge in [0.1, 0.15) is 5.75 Å². The second-order valence-electron chi connectivity index (χ2n) is 5.40. The molecule has 25 heavy (non-hydrogen) atoms. The lowest BCUT2D eigenvalue weighted by molar-refractivity contribution is -0.119. The number of benzene rings is 2. The van der Waals surface area contributed by atoms with Gasteiger partial charge in [-0.3, -0.25) is 9.59 Å². The summed E-state index contributed by atoms with van der Waals surface area (Å²) >= 11 is 5.12. The first-order chi connectivity index (χ1) is 12.0. The van der Waals surface area contributed by atoms with Crippen LogP contribution in [-0.4, -0.2) is 23.4 Å². The first-order valence-electron chi connectivity index (χ1n) is 7.94. The van der Waals surface area contributed by atoms with E-state index in [0.29, 0.717) is 30.7 Å². The van der Waals surface area contributed by atoms with Crippen molar-refractivity contribution >= 4 is 34.7 Å². The summed E-state index contributed by atoms with van der Waals surface area (Å²) in [6.45, 7) is 1.95. The van der Waals surface area contributed by atoms with Crippen molar-refractivity contribution in [3.63, 3.8) is 0 Å². The Labute approximate surface area is 152 Å². The second-order valence-corrected chi connectivity index (χ2v) is 5.81. The molecule has 1 amide bonds. The van der Waals surface area contributed by atoms with Crippen LogP contribution in [0.25, 0.3) is 0 Å². The number of amides is 1. The molecule has 0 spiro atoms. The molecule has 0 fully saturated rings. The number of rotatable bonds is 7. The normalized spacial score (nSPS) is 9.96. The number of para-hydroxylation sites is 1. The van der Waals surface area contributed by atoms with E-state index >= 15 is 0 Å². The van der Waals surface area contributed by atoms with E-state index in [0.717, 1.165) is 5.75 Å². The summed E-state index contributed by atoms with van der Waals surface area (Å²) in [4.78, 5) is 23.3. The molecule has 0 radical (unpaired) electrons. The quantitative estimate of drug-likeness (QED) is 0.451. The number of Topliss-reactive ketones (excluding diaryl/α,β-unsaturated/α-hetero) is 1. The molecular weight excluding hydrogens is 336 g/mol. The number of hydrogen-bond acceptors (Lipinski definition) is 4. The zero-order valence-electron chi connectivity index (χ0n) is 14.0. The molecular formula is C19H20N2O3S. The van der Waals surface area contributed by atoms with E-state index in [1.807, 2.05) is 30.3 Å². The summed E-state index contributed by atoms with van der Waals surface area (Å²) in [6.07, 6.45) is 0.894. The van der Waals surface area contributed by atoms with Crippen LogP contribution in [0.15, 0.2) is 54.6 Å². The fourth-order valence-corrected chi connectivity index (χ4v) is 2.34. The molecule has 2 aromatic carbocycles. The van der Waals surface area contributed by atoms with Gasteiger partial charge in [-0.1, -0.05) is 30.3 Å². The highest BCUT2D eigenvalue weighted by molar-refractivity contribution is 7.80. The van der Waals surface area contributed by atoms with Crippen LogP contribution in [0.4, 0.5) is 5.69 Å². The number of carbonyl (C=O) groups excluding carboxylic acids is 2. The Morgan fingerprint density at radius 2 is 1.84 bits per heavy atom. The zero-order chi connectivity index (χ0) is 18.1. The Hall–Kier alpha value is -2.73. The molecule has 0 atom stereocenters. The molecule has 0 saturated carbocycles. The van der Waals surface area contributed by atoms with Gasteiger partial charge in [0, 0.05) is 17.7 Å². The third-order valence-electron chi connectivity index (χ3n) is 3.34. The minimum atomic E-state index is -0.183. The second kappa shape index (κ2) is 9.54. The van der Waals surface area contributed by atoms with Gasteiger partial charge in [0.25, 0.3) is 0 Å². The van der Waals surface area contributed by atoms with E-state index in [1.165, 1.54) is 6.92 Å². The lowest BCUT2D eigenvalue weighted by Crippen LogP contribution is -2.34. The SMILES string of the molecule is CC(=O)c1cccc(NC(=S)NC(=O)CCCOc2ccccc2)c1. The number of anilines is 1. The Bertz CT molecular complexity index is 747. The maximum atomic E-state index is 11.9. The van der Waals surface area contributed by atoms with Crippen molar-refractivity contribution in [2.24, 2.45) is 0 Å². The van der Waals surface area contributed by atoms with Crippen LogP contribution in [0.2, 0.25) is 0 Å². The number of carbonyl (C=O) groups is 2. The lowest BCUT2D eigenvalue weighted by Gasteiger charge is -2.10. The van der Waals surface area contributed by atoms with E-state index in [-0.39, 0.29) is 16.8 Å². The van der Waals surface area contributed by atoms with Crippen molar-refractivity contribution in [2.75, 3.05) is 11.9 Å². The molecule has 130 valence electrons. The van der Waals surface area contributed by atoms with Crippen molar-refractivity contribution in [3.05, 3.63) is 60.2 Å². The average Bonchev–Trinajstić information content (AvgIpc) is 2.59. The van der Waals surface area contributed by atoms with Gasteiger partial charge in [-0.15, -0.1) is 0 Å². The van der Waals surface area contributed by atoms with E-state index in [2.05, 4.69) is 10.6 Å². The largest absolute Gasteiger partial charge is 0.494 e. The van der Waals surface area contributed by atoms with Gasteiger partial charge in [-0.2, -0.15) is 0 Å². The summed E-state index contributed by atoms with van der Waals surface area (Å²) in [5.74, 6) is 0.569. The Kier molecular flexibility index (Phi) is 7.10. The maximum absolute atomic E-state index is 11.9. The third kappa shape index (κ3) is 6.73. The maximum Gasteiger partial charge on any atom is 0.226 e. The summed E-state index contributed by atoms with van der Waals surface area (Å²) in [7, 11) is 0. The Balaban J connectivity index is 1.70. The predicted octanol–water partition coefficient (Wildman–Crippen LogP) is 3.56. The van der Waals surface area contributed by atoms with Crippen LogP contribution < -0.4 is 15.4 Å². The van der Waals surface area contributed by atoms with Gasteiger partial charge < -0.3 is 15.4 Å². The Morgan fingerprint density at radius 3 is 2.56 bits per heavy atom. The molecule has 5 nitrogen and oxygen atoms in total. The van der Waals surface area contributed by atoms with Crippen molar-refractivity contribution in [1.82, 2.24) is 5.32 Å². The summed E-state index contributed by atoms with van der Waals surface area (Å²) in [5.41, 5.74) is 1.24. The Morgan fingerprint density at radius 1 is 1.08 bits per heavy atom. The molecule has 0 aliphatic heterocycles. The van der Waals surface area contributed by atoms with Gasteiger partial charge in [0.15, 0.2) is 10.9 Å². The number of thiocarbonyl (C=S) groups is 1. The number of ether oxygens (including phenoxy) is 1. The monoisotopic (exact) mass is 356 g/mol. The first kappa shape index (κ1) is 18.6. The highest BCUT2D eigenvalue weighted by Gasteiger charge is 2.06. The topological polar surface area (TPSA) is 67.4 Å². The van der Waals surface area contributed by atoms with E-state index in [9.17, 15) is 9.59 Å². The highest BCUT2D eigenvalue weighted by Crippen LogP contribution is 2.11. The van der Waals surface area contributed by atoms with Crippen LogP contribution in [0.5, 0.6) is 5.75 Å². The first-order valence-corrected chi connectivity index (χ1v) is 8.35. The molecule has 0 bridgehead atoms. The minimum Gasteiger partial charge on any atom is -0.494 e. The van der Waals surface area contributed by atoms with Gasteiger partial charge >= 0.3 is 0 Å². The van der Waals surface area contributed by atoms with Gasteiger partial charge in [-0.05, 0) is 49.8 Å². The molecule has 2 rings (SSSR count). The number of nitrogens with one attached hydrogen (secondary N) is 2. The van der Waals surface area contributed by atoms with Crippen molar-refractivity contribution in [3.8, 4) is 5.75 Å². The molecule has 2 N–H and O–H groups in total. The smallest absolute Gasteiger partial charge is 0.226 e. The van der Waals surface area contributed by atoms with Crippen LogP contribution in [0.1, 0.15) is 30.1 Å². The average molecular weight is 356 g/mol. The van der Waals surface area contributed by atoms with Gasteiger partial charge in [0.2, 0.25) is 5.91 Å². The highest BCUT2D eigenvalue weighted by atomic mass is 32.1. The van der Waals surface area contributed by atoms with Crippen LogP contribution in [-0.2, 0) is 4.79 Å². The van der Waals surface area contributed by atoms with E-state index in [4.69, 9.17) is 17.0 Å². The number of hydrogen-bond donors (Lipinski definition) is 2. The van der Waals surface area contributed by atoms with Crippen molar-refractivity contribution in [2.45, 2.75) is 19.8 Å². The molecule has 0 aromatic heterocycles. The molecule has 0 saturated heterocycles. The van der Waals surface area contributed by atoms with Crippen LogP contribution in [0, 0.1) is 0 Å². The number of ketones is 1.